The highest BCUT2D eigenvalue weighted by atomic mass is 16.1. The van der Waals surface area contributed by atoms with Gasteiger partial charge in [-0.2, -0.15) is 0 Å². The Bertz CT molecular complexity index is 509. The molecule has 0 aromatic carbocycles. The van der Waals surface area contributed by atoms with Gasteiger partial charge in [-0.15, -0.1) is 0 Å². The lowest BCUT2D eigenvalue weighted by atomic mass is 9.77. The fourth-order valence-electron chi connectivity index (χ4n) is 5.31. The molecule has 0 aromatic rings. The summed E-state index contributed by atoms with van der Waals surface area (Å²) in [7, 11) is 0. The fourth-order valence-corrected chi connectivity index (χ4v) is 5.31. The van der Waals surface area contributed by atoms with Crippen molar-refractivity contribution in [2.24, 2.45) is 35.5 Å². The SMILES string of the molecule is CCCCC1CC2C=CC(C2)C1=O.CCCCC1CC2C=CC(C2)C1=O. The van der Waals surface area contributed by atoms with E-state index in [1.165, 1.54) is 25.7 Å². The van der Waals surface area contributed by atoms with Gasteiger partial charge in [0, 0.05) is 23.7 Å². The molecule has 4 bridgehead atoms. The highest BCUT2D eigenvalue weighted by Gasteiger charge is 2.37. The first-order valence-corrected chi connectivity index (χ1v) is 11.1. The minimum Gasteiger partial charge on any atom is -0.299 e. The maximum absolute atomic E-state index is 11.8. The van der Waals surface area contributed by atoms with Gasteiger partial charge < -0.3 is 0 Å². The number of ketones is 2. The summed E-state index contributed by atoms with van der Waals surface area (Å²) in [6.07, 6.45) is 20.4. The molecule has 0 aromatic heterocycles. The zero-order valence-corrected chi connectivity index (χ0v) is 16.7. The molecule has 0 radical (unpaired) electrons. The Balaban J connectivity index is 0.000000151. The Kier molecular flexibility index (Phi) is 6.89. The van der Waals surface area contributed by atoms with E-state index < -0.39 is 0 Å². The van der Waals surface area contributed by atoms with Crippen molar-refractivity contribution in [3.8, 4) is 0 Å². The van der Waals surface area contributed by atoms with Crippen LogP contribution >= 0.6 is 0 Å². The number of carbonyl (C=O) groups is 2. The van der Waals surface area contributed by atoms with Crippen molar-refractivity contribution < 1.29 is 9.59 Å². The largest absolute Gasteiger partial charge is 0.299 e. The molecule has 4 aliphatic rings. The van der Waals surface area contributed by atoms with Crippen LogP contribution in [0.15, 0.2) is 24.3 Å². The minimum absolute atomic E-state index is 0.292. The summed E-state index contributed by atoms with van der Waals surface area (Å²) in [5, 5.41) is 0. The molecule has 4 rings (SSSR count). The van der Waals surface area contributed by atoms with Gasteiger partial charge in [-0.3, -0.25) is 9.59 Å². The number of carbonyl (C=O) groups excluding carboxylic acids is 2. The number of hydrogen-bond donors (Lipinski definition) is 0. The molecule has 4 aliphatic carbocycles. The van der Waals surface area contributed by atoms with Gasteiger partial charge in [-0.1, -0.05) is 63.8 Å². The van der Waals surface area contributed by atoms with Gasteiger partial charge in [0.25, 0.3) is 0 Å². The normalized spacial score (nSPS) is 37.0. The molecule has 0 heterocycles. The molecule has 6 atom stereocenters. The van der Waals surface area contributed by atoms with Crippen LogP contribution in [0.5, 0.6) is 0 Å². The fraction of sp³-hybridized carbons (Fsp3) is 0.750. The first-order chi connectivity index (χ1) is 12.6. The lowest BCUT2D eigenvalue weighted by Crippen LogP contribution is -2.28. The maximum atomic E-state index is 11.8. The molecule has 6 unspecified atom stereocenters. The van der Waals surface area contributed by atoms with Crippen LogP contribution in [-0.4, -0.2) is 11.6 Å². The average molecular weight is 357 g/mol. The second kappa shape index (κ2) is 9.15. The third kappa shape index (κ3) is 4.56. The van der Waals surface area contributed by atoms with Crippen molar-refractivity contribution in [1.29, 1.82) is 0 Å². The molecule has 26 heavy (non-hydrogen) atoms. The Morgan fingerprint density at radius 1 is 0.692 bits per heavy atom. The van der Waals surface area contributed by atoms with E-state index in [9.17, 15) is 9.59 Å². The Morgan fingerprint density at radius 2 is 1.12 bits per heavy atom. The summed E-state index contributed by atoms with van der Waals surface area (Å²) in [6.45, 7) is 4.39. The van der Waals surface area contributed by atoms with Crippen LogP contribution in [-0.2, 0) is 9.59 Å². The summed E-state index contributed by atoms with van der Waals surface area (Å²) < 4.78 is 0. The molecule has 2 heteroatoms. The van der Waals surface area contributed by atoms with Gasteiger partial charge in [0.1, 0.15) is 11.6 Å². The van der Waals surface area contributed by atoms with Gasteiger partial charge in [0.2, 0.25) is 0 Å². The zero-order chi connectivity index (χ0) is 18.5. The second-order valence-electron chi connectivity index (χ2n) is 8.93. The molecule has 2 nitrogen and oxygen atoms in total. The topological polar surface area (TPSA) is 34.1 Å². The smallest absolute Gasteiger partial charge is 0.142 e. The molecular formula is C24H36O2. The van der Waals surface area contributed by atoms with Gasteiger partial charge in [-0.05, 0) is 50.4 Å². The van der Waals surface area contributed by atoms with E-state index in [1.807, 2.05) is 0 Å². The summed E-state index contributed by atoms with van der Waals surface area (Å²) in [5.74, 6) is 3.87. The van der Waals surface area contributed by atoms with Gasteiger partial charge in [0.15, 0.2) is 0 Å². The molecule has 0 N–H and O–H groups in total. The summed E-state index contributed by atoms with van der Waals surface area (Å²) in [5.41, 5.74) is 0. The van der Waals surface area contributed by atoms with Crippen LogP contribution in [0.4, 0.5) is 0 Å². The van der Waals surface area contributed by atoms with Crippen LogP contribution in [0.2, 0.25) is 0 Å². The van der Waals surface area contributed by atoms with E-state index in [1.54, 1.807) is 0 Å². The summed E-state index contributed by atoms with van der Waals surface area (Å²) >= 11 is 0. The van der Waals surface area contributed by atoms with E-state index in [0.29, 0.717) is 35.2 Å². The third-order valence-corrected chi connectivity index (χ3v) is 6.87. The molecule has 2 fully saturated rings. The van der Waals surface area contributed by atoms with E-state index in [-0.39, 0.29) is 0 Å². The second-order valence-corrected chi connectivity index (χ2v) is 8.93. The molecule has 0 spiro atoms. The van der Waals surface area contributed by atoms with Crippen LogP contribution in [0.1, 0.15) is 78.1 Å². The lowest BCUT2D eigenvalue weighted by Gasteiger charge is -2.26. The third-order valence-electron chi connectivity index (χ3n) is 6.87. The lowest BCUT2D eigenvalue weighted by molar-refractivity contribution is -0.128. The van der Waals surface area contributed by atoms with Crippen LogP contribution < -0.4 is 0 Å². The van der Waals surface area contributed by atoms with Gasteiger partial charge in [-0.25, -0.2) is 0 Å². The number of allylic oxidation sites excluding steroid dienone is 4. The number of unbranched alkanes of at least 4 members (excludes halogenated alkanes) is 2. The first-order valence-electron chi connectivity index (χ1n) is 11.1. The van der Waals surface area contributed by atoms with E-state index in [0.717, 1.165) is 50.4 Å². The monoisotopic (exact) mass is 356 g/mol. The van der Waals surface area contributed by atoms with E-state index in [2.05, 4.69) is 38.2 Å². The summed E-state index contributed by atoms with van der Waals surface area (Å²) in [4.78, 5) is 23.7. The number of Topliss-reactive ketones (excluding diaryl/α,β-unsaturated/α-hetero) is 2. The molecule has 2 saturated carbocycles. The highest BCUT2D eigenvalue weighted by molar-refractivity contribution is 5.87. The van der Waals surface area contributed by atoms with Crippen molar-refractivity contribution in [3.63, 3.8) is 0 Å². The van der Waals surface area contributed by atoms with Crippen LogP contribution in [0.3, 0.4) is 0 Å². The Morgan fingerprint density at radius 3 is 1.50 bits per heavy atom. The maximum Gasteiger partial charge on any atom is 0.142 e. The van der Waals surface area contributed by atoms with E-state index >= 15 is 0 Å². The molecule has 0 amide bonds. The van der Waals surface area contributed by atoms with Gasteiger partial charge >= 0.3 is 0 Å². The zero-order valence-electron chi connectivity index (χ0n) is 16.7. The Labute approximate surface area is 159 Å². The van der Waals surface area contributed by atoms with Crippen molar-refractivity contribution >= 4 is 11.6 Å². The molecule has 0 aliphatic heterocycles. The standard InChI is InChI=1S/2C12H18O/c2*1-2-3-4-10-7-9-5-6-11(8-9)12(10)13/h2*5-6,9-11H,2-4,7-8H2,1H3. The molecule has 0 saturated heterocycles. The molecule has 144 valence electrons. The Hall–Kier alpha value is -1.18. The number of rotatable bonds is 6. The number of hydrogen-bond acceptors (Lipinski definition) is 2. The quantitative estimate of drug-likeness (QED) is 0.554. The van der Waals surface area contributed by atoms with Gasteiger partial charge in [0.05, 0.1) is 0 Å². The van der Waals surface area contributed by atoms with Crippen molar-refractivity contribution in [3.05, 3.63) is 24.3 Å². The average Bonchev–Trinajstić information content (AvgIpc) is 3.25. The predicted octanol–water partition coefficient (Wildman–Crippen LogP) is 5.92. The first kappa shape index (κ1) is 19.6. The van der Waals surface area contributed by atoms with E-state index in [4.69, 9.17) is 0 Å². The van der Waals surface area contributed by atoms with Crippen molar-refractivity contribution in [2.45, 2.75) is 78.1 Å². The summed E-state index contributed by atoms with van der Waals surface area (Å²) in [6, 6.07) is 0. The highest BCUT2D eigenvalue weighted by Crippen LogP contribution is 2.40. The minimum atomic E-state index is 0.292. The predicted molar refractivity (Wildman–Crippen MR) is 107 cm³/mol. The van der Waals surface area contributed by atoms with Crippen molar-refractivity contribution in [2.75, 3.05) is 0 Å². The van der Waals surface area contributed by atoms with Crippen LogP contribution in [0.25, 0.3) is 0 Å². The van der Waals surface area contributed by atoms with Crippen LogP contribution in [0, 0.1) is 35.5 Å². The number of fused-ring (bicyclic) bond motifs is 4. The van der Waals surface area contributed by atoms with Crippen molar-refractivity contribution in [1.82, 2.24) is 0 Å². The molecular weight excluding hydrogens is 320 g/mol.